The van der Waals surface area contributed by atoms with Crippen LogP contribution in [0.5, 0.6) is 0 Å². The number of benzene rings is 1. The van der Waals surface area contributed by atoms with Gasteiger partial charge in [-0.1, -0.05) is 12.1 Å². The second-order valence-electron chi connectivity index (χ2n) is 8.67. The third-order valence-electron chi connectivity index (χ3n) is 5.15. The van der Waals surface area contributed by atoms with Crippen LogP contribution >= 0.6 is 0 Å². The van der Waals surface area contributed by atoms with Crippen LogP contribution in [0.15, 0.2) is 29.4 Å². The second-order valence-corrected chi connectivity index (χ2v) is 8.67. The van der Waals surface area contributed by atoms with Crippen LogP contribution in [-0.4, -0.2) is 89.0 Å². The van der Waals surface area contributed by atoms with Gasteiger partial charge in [0, 0.05) is 51.9 Å². The summed E-state index contributed by atoms with van der Waals surface area (Å²) in [7, 11) is 1.72. The highest BCUT2D eigenvalue weighted by molar-refractivity contribution is 6.00. The van der Waals surface area contributed by atoms with Crippen LogP contribution in [0.4, 0.5) is 5.69 Å². The van der Waals surface area contributed by atoms with Crippen LogP contribution in [-0.2, 0) is 33.4 Å². The molecule has 0 atom stereocenters. The zero-order valence-electron chi connectivity index (χ0n) is 23.3. The van der Waals surface area contributed by atoms with Crippen LogP contribution in [0.1, 0.15) is 51.5 Å². The Kier molecular flexibility index (Phi) is 18.6. The molecule has 0 radical (unpaired) electrons. The van der Waals surface area contributed by atoms with Gasteiger partial charge in [0.1, 0.15) is 5.78 Å². The van der Waals surface area contributed by atoms with Crippen molar-refractivity contribution in [2.24, 2.45) is 5.10 Å². The number of carbonyl (C=O) groups is 4. The fraction of sp³-hybridized carbons (Fsp3) is 0.593. The Morgan fingerprint density at radius 2 is 1.33 bits per heavy atom. The summed E-state index contributed by atoms with van der Waals surface area (Å²) in [6.07, 6.45) is 1.44. The zero-order chi connectivity index (χ0) is 28.7. The molecule has 0 saturated heterocycles. The second kappa shape index (κ2) is 21.6. The summed E-state index contributed by atoms with van der Waals surface area (Å²) in [5.74, 6) is -0.833. The summed E-state index contributed by atoms with van der Waals surface area (Å²) in [5, 5.41) is 12.4. The van der Waals surface area contributed by atoms with Crippen molar-refractivity contribution in [3.8, 4) is 0 Å². The van der Waals surface area contributed by atoms with Gasteiger partial charge in [0.2, 0.25) is 17.7 Å². The van der Waals surface area contributed by atoms with Crippen LogP contribution in [0.25, 0.3) is 0 Å². The van der Waals surface area contributed by atoms with Crippen molar-refractivity contribution in [1.82, 2.24) is 16.1 Å². The quantitative estimate of drug-likeness (QED) is 0.0732. The molecular formula is C27H43N5O7. The number of hydrogen-bond acceptors (Lipinski definition) is 9. The fourth-order valence-corrected chi connectivity index (χ4v) is 3.23. The number of hydrazone groups is 1. The van der Waals surface area contributed by atoms with Crippen molar-refractivity contribution in [3.05, 3.63) is 29.8 Å². The molecule has 0 aromatic heterocycles. The lowest BCUT2D eigenvalue weighted by molar-refractivity contribution is -0.127. The maximum absolute atomic E-state index is 12.2. The Balaban J connectivity index is 1.94. The molecule has 0 fully saturated rings. The highest BCUT2D eigenvalue weighted by Gasteiger charge is 2.08. The molecule has 0 aliphatic carbocycles. The molecule has 12 heteroatoms. The first kappa shape index (κ1) is 33.7. The van der Waals surface area contributed by atoms with Crippen LogP contribution in [0.3, 0.4) is 0 Å². The van der Waals surface area contributed by atoms with Gasteiger partial charge >= 0.3 is 0 Å². The highest BCUT2D eigenvalue weighted by atomic mass is 16.5. The third kappa shape index (κ3) is 18.5. The van der Waals surface area contributed by atoms with Crippen molar-refractivity contribution >= 4 is 34.9 Å². The normalized spacial score (nSPS) is 11.1. The van der Waals surface area contributed by atoms with E-state index in [0.29, 0.717) is 71.3 Å². The van der Waals surface area contributed by atoms with Crippen LogP contribution in [0.2, 0.25) is 0 Å². The largest absolute Gasteiger partial charge is 0.379 e. The number of Topliss-reactive ketones (excluding diaryl/α,β-unsaturated/α-hetero) is 1. The lowest BCUT2D eigenvalue weighted by Crippen LogP contribution is -2.26. The summed E-state index contributed by atoms with van der Waals surface area (Å²) in [4.78, 5) is 46.3. The standard InChI is InChI=1S/C27H43N5O7/c1-21(33)19-27(36)30-12-6-14-38-16-18-39-17-15-37-13-5-11-29-25(34)9-10-26(35)31-24-8-4-7-23(20-24)22(2)32-28-3/h4,7-8,20,28H,5-6,9-19H2,1-3H3,(H,29,34)(H,30,36)(H,31,35)/b32-22+. The molecule has 218 valence electrons. The van der Waals surface area contributed by atoms with Gasteiger partial charge in [-0.05, 0) is 44.4 Å². The average Bonchev–Trinajstić information content (AvgIpc) is 2.89. The SMILES string of the molecule is CN/N=C(\C)c1cccc(NC(=O)CCC(=O)NCCCOCCOCCOCCCNC(=O)CC(C)=O)c1. The molecule has 0 spiro atoms. The molecule has 39 heavy (non-hydrogen) atoms. The first-order valence-corrected chi connectivity index (χ1v) is 13.2. The molecule has 4 N–H and O–H groups in total. The number of rotatable bonds is 22. The molecule has 0 saturated carbocycles. The Labute approximate surface area is 230 Å². The van der Waals surface area contributed by atoms with Crippen molar-refractivity contribution in [2.45, 2.75) is 46.0 Å². The number of anilines is 1. The van der Waals surface area contributed by atoms with Crippen LogP contribution < -0.4 is 21.4 Å². The molecule has 1 rings (SSSR count). The minimum atomic E-state index is -0.266. The smallest absolute Gasteiger partial charge is 0.227 e. The first-order valence-electron chi connectivity index (χ1n) is 13.2. The lowest BCUT2D eigenvalue weighted by Gasteiger charge is -2.09. The number of ether oxygens (including phenoxy) is 3. The van der Waals surface area contributed by atoms with Crippen molar-refractivity contribution < 1.29 is 33.4 Å². The van der Waals surface area contributed by atoms with E-state index in [2.05, 4.69) is 26.5 Å². The van der Waals surface area contributed by atoms with E-state index >= 15 is 0 Å². The van der Waals surface area contributed by atoms with Crippen molar-refractivity contribution in [3.63, 3.8) is 0 Å². The molecule has 0 bridgehead atoms. The van der Waals surface area contributed by atoms with E-state index in [1.807, 2.05) is 25.1 Å². The van der Waals surface area contributed by atoms with E-state index in [1.54, 1.807) is 13.1 Å². The average molecular weight is 550 g/mol. The molecule has 0 unspecified atom stereocenters. The number of ketones is 1. The molecule has 12 nitrogen and oxygen atoms in total. The number of carbonyl (C=O) groups excluding carboxylic acids is 4. The number of amides is 3. The first-order chi connectivity index (χ1) is 18.8. The summed E-state index contributed by atoms with van der Waals surface area (Å²) < 4.78 is 16.3. The van der Waals surface area contributed by atoms with E-state index in [-0.39, 0.29) is 42.8 Å². The van der Waals surface area contributed by atoms with E-state index in [0.717, 1.165) is 11.3 Å². The van der Waals surface area contributed by atoms with Gasteiger partial charge in [-0.3, -0.25) is 19.2 Å². The highest BCUT2D eigenvalue weighted by Crippen LogP contribution is 2.12. The Morgan fingerprint density at radius 3 is 1.92 bits per heavy atom. The minimum Gasteiger partial charge on any atom is -0.379 e. The van der Waals surface area contributed by atoms with Gasteiger partial charge in [0.05, 0.1) is 38.6 Å². The molecular weight excluding hydrogens is 506 g/mol. The Bertz CT molecular complexity index is 924. The van der Waals surface area contributed by atoms with Gasteiger partial charge in [-0.25, -0.2) is 0 Å². The van der Waals surface area contributed by atoms with Gasteiger partial charge < -0.3 is 35.6 Å². The summed E-state index contributed by atoms with van der Waals surface area (Å²) >= 11 is 0. The van der Waals surface area contributed by atoms with Gasteiger partial charge in [-0.2, -0.15) is 5.10 Å². The summed E-state index contributed by atoms with van der Waals surface area (Å²) in [5.41, 5.74) is 5.08. The zero-order valence-corrected chi connectivity index (χ0v) is 23.3. The van der Waals surface area contributed by atoms with Gasteiger partial charge in [0.25, 0.3) is 0 Å². The minimum absolute atomic E-state index is 0.0866. The molecule has 0 aliphatic rings. The fourth-order valence-electron chi connectivity index (χ4n) is 3.23. The molecule has 1 aromatic carbocycles. The monoisotopic (exact) mass is 549 g/mol. The Morgan fingerprint density at radius 1 is 0.769 bits per heavy atom. The topological polar surface area (TPSA) is 156 Å². The predicted molar refractivity (Wildman–Crippen MR) is 149 cm³/mol. The molecule has 3 amide bonds. The van der Waals surface area contributed by atoms with Crippen molar-refractivity contribution in [2.75, 3.05) is 65.1 Å². The van der Waals surface area contributed by atoms with E-state index in [1.165, 1.54) is 6.92 Å². The van der Waals surface area contributed by atoms with Gasteiger partial charge in [-0.15, -0.1) is 0 Å². The van der Waals surface area contributed by atoms with E-state index < -0.39 is 0 Å². The number of nitrogens with one attached hydrogen (secondary N) is 4. The molecule has 0 aliphatic heterocycles. The maximum Gasteiger partial charge on any atom is 0.227 e. The van der Waals surface area contributed by atoms with E-state index in [9.17, 15) is 19.2 Å². The number of nitrogens with zero attached hydrogens (tertiary/aromatic N) is 1. The predicted octanol–water partition coefficient (Wildman–Crippen LogP) is 1.39. The van der Waals surface area contributed by atoms with E-state index in [4.69, 9.17) is 14.2 Å². The van der Waals surface area contributed by atoms with Crippen LogP contribution in [0, 0.1) is 0 Å². The summed E-state index contributed by atoms with van der Waals surface area (Å²) in [6, 6.07) is 7.36. The summed E-state index contributed by atoms with van der Waals surface area (Å²) in [6.45, 7) is 6.95. The Hall–Kier alpha value is -3.35. The number of hydrogen-bond donors (Lipinski definition) is 4. The van der Waals surface area contributed by atoms with Gasteiger partial charge in [0.15, 0.2) is 0 Å². The maximum atomic E-state index is 12.2. The molecule has 0 heterocycles. The third-order valence-corrected chi connectivity index (χ3v) is 5.15. The molecule has 1 aromatic rings. The van der Waals surface area contributed by atoms with Crippen molar-refractivity contribution in [1.29, 1.82) is 0 Å². The lowest BCUT2D eigenvalue weighted by atomic mass is 10.1.